The van der Waals surface area contributed by atoms with Crippen LogP contribution in [-0.4, -0.2) is 13.2 Å². The van der Waals surface area contributed by atoms with Gasteiger partial charge in [-0.05, 0) is 32.1 Å². The van der Waals surface area contributed by atoms with E-state index in [2.05, 4.69) is 18.2 Å². The van der Waals surface area contributed by atoms with Gasteiger partial charge in [0.05, 0.1) is 18.1 Å². The Labute approximate surface area is 88.2 Å². The predicted octanol–water partition coefficient (Wildman–Crippen LogP) is 3.00. The van der Waals surface area contributed by atoms with Crippen LogP contribution in [0, 0.1) is 0 Å². The lowest BCUT2D eigenvalue weighted by atomic mass is 10.2. The number of hydrogen-bond donors (Lipinski definition) is 0. The summed E-state index contributed by atoms with van der Waals surface area (Å²) in [6.45, 7) is 5.37. The largest absolute Gasteiger partial charge is 0.343 e. The van der Waals surface area contributed by atoms with Gasteiger partial charge in [-0.25, -0.2) is 0 Å². The number of thiophene rings is 1. The average Bonchev–Trinajstić information content (AvgIpc) is 2.75. The van der Waals surface area contributed by atoms with Gasteiger partial charge in [0, 0.05) is 4.88 Å². The Morgan fingerprint density at radius 3 is 2.71 bits per heavy atom. The van der Waals surface area contributed by atoms with Crippen LogP contribution >= 0.6 is 11.3 Å². The molecule has 0 amide bonds. The molecule has 0 aromatic carbocycles. The summed E-state index contributed by atoms with van der Waals surface area (Å²) in [6.07, 6.45) is 4.13. The monoisotopic (exact) mass is 210 g/mol. The molecule has 3 heteroatoms. The van der Waals surface area contributed by atoms with Crippen LogP contribution in [0.25, 0.3) is 6.08 Å². The maximum atomic E-state index is 5.58. The van der Waals surface area contributed by atoms with E-state index in [1.807, 2.05) is 19.9 Å². The fourth-order valence-corrected chi connectivity index (χ4v) is 2.54. The third kappa shape index (κ3) is 1.75. The van der Waals surface area contributed by atoms with Gasteiger partial charge in [0.1, 0.15) is 0 Å². The molecule has 2 heterocycles. The molecule has 0 N–H and O–H groups in total. The molecule has 0 unspecified atom stereocenters. The van der Waals surface area contributed by atoms with E-state index in [1.165, 1.54) is 4.88 Å². The maximum Gasteiger partial charge on any atom is 0.201 e. The molecule has 0 aliphatic carbocycles. The molecular weight excluding hydrogens is 196 g/mol. The van der Waals surface area contributed by atoms with Crippen molar-refractivity contribution in [3.63, 3.8) is 0 Å². The van der Waals surface area contributed by atoms with Gasteiger partial charge >= 0.3 is 0 Å². The van der Waals surface area contributed by atoms with Gasteiger partial charge in [-0.1, -0.05) is 6.08 Å². The molecule has 14 heavy (non-hydrogen) atoms. The molecule has 1 aromatic heterocycles. The van der Waals surface area contributed by atoms with Crippen molar-refractivity contribution in [3.05, 3.63) is 28.0 Å². The number of ether oxygens (including phenoxy) is 2. The van der Waals surface area contributed by atoms with Gasteiger partial charge in [0.2, 0.25) is 5.79 Å². The standard InChI is InChI=1S/C11H14O2S/c1-3-4-9-5-6-10(14-9)11(2)12-7-8-13-11/h3-6H,7-8H2,1-2H3/b4-3+. The van der Waals surface area contributed by atoms with Gasteiger partial charge in [0.25, 0.3) is 0 Å². The Hall–Kier alpha value is -0.640. The summed E-state index contributed by atoms with van der Waals surface area (Å²) in [5.74, 6) is -0.509. The van der Waals surface area contributed by atoms with Crippen LogP contribution in [0.3, 0.4) is 0 Å². The summed E-state index contributed by atoms with van der Waals surface area (Å²) in [6, 6.07) is 4.17. The lowest BCUT2D eigenvalue weighted by Crippen LogP contribution is -2.20. The van der Waals surface area contributed by atoms with Crippen molar-refractivity contribution in [1.82, 2.24) is 0 Å². The minimum atomic E-state index is -0.509. The second kappa shape index (κ2) is 3.85. The van der Waals surface area contributed by atoms with E-state index in [0.29, 0.717) is 13.2 Å². The van der Waals surface area contributed by atoms with Gasteiger partial charge in [0.15, 0.2) is 0 Å². The number of hydrogen-bond acceptors (Lipinski definition) is 3. The van der Waals surface area contributed by atoms with Crippen molar-refractivity contribution in [2.45, 2.75) is 19.6 Å². The van der Waals surface area contributed by atoms with E-state index in [-0.39, 0.29) is 0 Å². The molecule has 0 spiro atoms. The van der Waals surface area contributed by atoms with Crippen LogP contribution in [0.4, 0.5) is 0 Å². The fraction of sp³-hybridized carbons (Fsp3) is 0.455. The lowest BCUT2D eigenvalue weighted by Gasteiger charge is -2.20. The quantitative estimate of drug-likeness (QED) is 0.747. The summed E-state index contributed by atoms with van der Waals surface area (Å²) in [4.78, 5) is 2.38. The first-order valence-corrected chi connectivity index (χ1v) is 5.57. The van der Waals surface area contributed by atoms with E-state index in [0.717, 1.165) is 4.88 Å². The summed E-state index contributed by atoms with van der Waals surface area (Å²) in [5, 5.41) is 0. The van der Waals surface area contributed by atoms with Crippen molar-refractivity contribution in [2.75, 3.05) is 13.2 Å². The van der Waals surface area contributed by atoms with E-state index < -0.39 is 5.79 Å². The molecule has 1 fully saturated rings. The molecular formula is C11H14O2S. The van der Waals surface area contributed by atoms with Crippen molar-refractivity contribution in [3.8, 4) is 0 Å². The molecule has 0 radical (unpaired) electrons. The first-order valence-electron chi connectivity index (χ1n) is 4.75. The van der Waals surface area contributed by atoms with Crippen LogP contribution in [0.15, 0.2) is 18.2 Å². The van der Waals surface area contributed by atoms with Gasteiger partial charge in [-0.2, -0.15) is 0 Å². The van der Waals surface area contributed by atoms with Crippen molar-refractivity contribution in [2.24, 2.45) is 0 Å². The van der Waals surface area contributed by atoms with E-state index in [4.69, 9.17) is 9.47 Å². The van der Waals surface area contributed by atoms with Crippen LogP contribution in [0.1, 0.15) is 23.6 Å². The molecule has 1 aliphatic heterocycles. The Morgan fingerprint density at radius 2 is 2.07 bits per heavy atom. The zero-order chi connectivity index (χ0) is 10.0. The van der Waals surface area contributed by atoms with Crippen LogP contribution in [-0.2, 0) is 15.3 Å². The molecule has 2 nitrogen and oxygen atoms in total. The van der Waals surface area contributed by atoms with Crippen LogP contribution in [0.5, 0.6) is 0 Å². The number of rotatable bonds is 2. The number of allylic oxidation sites excluding steroid dienone is 1. The molecule has 0 atom stereocenters. The SMILES string of the molecule is C/C=C/c1ccc(C2(C)OCCO2)s1. The van der Waals surface area contributed by atoms with Gasteiger partial charge in [-0.3, -0.25) is 0 Å². The smallest absolute Gasteiger partial charge is 0.201 e. The van der Waals surface area contributed by atoms with E-state index in [1.54, 1.807) is 11.3 Å². The first kappa shape index (κ1) is 9.90. The minimum absolute atomic E-state index is 0.509. The topological polar surface area (TPSA) is 18.5 Å². The Morgan fingerprint density at radius 1 is 1.36 bits per heavy atom. The molecule has 1 saturated heterocycles. The van der Waals surface area contributed by atoms with Gasteiger partial charge < -0.3 is 9.47 Å². The van der Waals surface area contributed by atoms with Crippen LogP contribution < -0.4 is 0 Å². The summed E-state index contributed by atoms with van der Waals surface area (Å²) in [7, 11) is 0. The van der Waals surface area contributed by atoms with E-state index in [9.17, 15) is 0 Å². The Balaban J connectivity index is 2.23. The van der Waals surface area contributed by atoms with Gasteiger partial charge in [-0.15, -0.1) is 11.3 Å². The Bertz CT molecular complexity index is 335. The van der Waals surface area contributed by atoms with E-state index >= 15 is 0 Å². The second-order valence-corrected chi connectivity index (χ2v) is 4.46. The second-order valence-electron chi connectivity index (χ2n) is 3.34. The average molecular weight is 210 g/mol. The zero-order valence-corrected chi connectivity index (χ0v) is 9.26. The molecule has 76 valence electrons. The summed E-state index contributed by atoms with van der Waals surface area (Å²) >= 11 is 1.72. The molecule has 0 saturated carbocycles. The highest BCUT2D eigenvalue weighted by molar-refractivity contribution is 7.13. The zero-order valence-electron chi connectivity index (χ0n) is 8.45. The van der Waals surface area contributed by atoms with Crippen LogP contribution in [0.2, 0.25) is 0 Å². The van der Waals surface area contributed by atoms with Crippen molar-refractivity contribution >= 4 is 17.4 Å². The molecule has 1 aromatic rings. The summed E-state index contributed by atoms with van der Waals surface area (Å²) < 4.78 is 11.2. The maximum absolute atomic E-state index is 5.58. The molecule has 1 aliphatic rings. The molecule has 2 rings (SSSR count). The molecule has 0 bridgehead atoms. The normalized spacial score (nSPS) is 20.7. The minimum Gasteiger partial charge on any atom is -0.343 e. The highest BCUT2D eigenvalue weighted by Crippen LogP contribution is 2.35. The third-order valence-electron chi connectivity index (χ3n) is 2.24. The predicted molar refractivity (Wildman–Crippen MR) is 58.3 cm³/mol. The van der Waals surface area contributed by atoms with Crippen molar-refractivity contribution in [1.29, 1.82) is 0 Å². The van der Waals surface area contributed by atoms with Crippen molar-refractivity contribution < 1.29 is 9.47 Å². The fourth-order valence-electron chi connectivity index (χ4n) is 1.51. The highest BCUT2D eigenvalue weighted by atomic mass is 32.1. The third-order valence-corrected chi connectivity index (χ3v) is 3.48. The highest BCUT2D eigenvalue weighted by Gasteiger charge is 2.34. The summed E-state index contributed by atoms with van der Waals surface area (Å²) in [5.41, 5.74) is 0. The Kier molecular flexibility index (Phi) is 2.72. The lowest BCUT2D eigenvalue weighted by molar-refractivity contribution is -0.146. The first-order chi connectivity index (χ1) is 6.74.